The van der Waals surface area contributed by atoms with Crippen molar-refractivity contribution < 1.29 is 9.72 Å². The van der Waals surface area contributed by atoms with Gasteiger partial charge in [0.2, 0.25) is 0 Å². The number of thiazole rings is 1. The van der Waals surface area contributed by atoms with Crippen LogP contribution in [0.2, 0.25) is 0 Å². The summed E-state index contributed by atoms with van der Waals surface area (Å²) in [4.78, 5) is 48.4. The van der Waals surface area contributed by atoms with Crippen LogP contribution in [0.25, 0.3) is 17.3 Å². The lowest BCUT2D eigenvalue weighted by molar-refractivity contribution is -0.387. The molecule has 1 saturated heterocycles. The monoisotopic (exact) mass is 556 g/mol. The molecule has 0 spiro atoms. The zero-order valence-corrected chi connectivity index (χ0v) is 22.0. The van der Waals surface area contributed by atoms with Crippen molar-refractivity contribution in [3.8, 4) is 11.8 Å². The Bertz CT molecular complexity index is 1770. The number of carbonyl (C=O) groups is 1. The van der Waals surface area contributed by atoms with E-state index in [1.807, 2.05) is 6.07 Å². The van der Waals surface area contributed by atoms with Crippen LogP contribution in [0.4, 0.5) is 5.69 Å². The molecule has 1 fully saturated rings. The predicted molar refractivity (Wildman–Crippen MR) is 147 cm³/mol. The number of likely N-dealkylation sites (tertiary alicyclic amines) is 1. The Hall–Kier alpha value is -4.60. The van der Waals surface area contributed by atoms with Crippen LogP contribution in [-0.4, -0.2) is 43.4 Å². The third kappa shape index (κ3) is 5.50. The third-order valence-electron chi connectivity index (χ3n) is 5.99. The summed E-state index contributed by atoms with van der Waals surface area (Å²) in [5.74, 6) is -0.410. The molecule has 0 radical (unpaired) electrons. The van der Waals surface area contributed by atoms with Gasteiger partial charge in [0.1, 0.15) is 10.7 Å². The van der Waals surface area contributed by atoms with Crippen LogP contribution < -0.4 is 14.8 Å². The lowest BCUT2D eigenvalue weighted by Gasteiger charge is -2.14. The minimum atomic E-state index is -0.499. The molecule has 1 aliphatic heterocycles. The average Bonchev–Trinajstić information content (AvgIpc) is 3.60. The van der Waals surface area contributed by atoms with E-state index in [2.05, 4.69) is 9.97 Å². The second-order valence-corrected chi connectivity index (χ2v) is 10.5. The molecule has 0 aliphatic carbocycles. The van der Waals surface area contributed by atoms with Gasteiger partial charge in [-0.25, -0.2) is 9.97 Å². The largest absolute Gasteiger partial charge is 0.338 e. The minimum Gasteiger partial charge on any atom is -0.338 e. The first-order chi connectivity index (χ1) is 19.0. The first-order valence-corrected chi connectivity index (χ1v) is 13.6. The van der Waals surface area contributed by atoms with Gasteiger partial charge in [-0.15, -0.1) is 11.3 Å². The number of rotatable bonds is 6. The summed E-state index contributed by atoms with van der Waals surface area (Å²) in [6.45, 7) is 1.12. The molecule has 2 aromatic carbocycles. The highest BCUT2D eigenvalue weighted by Crippen LogP contribution is 2.33. The molecule has 4 aromatic rings. The zero-order valence-electron chi connectivity index (χ0n) is 20.4. The fourth-order valence-corrected chi connectivity index (χ4v) is 6.06. The first-order valence-electron chi connectivity index (χ1n) is 11.9. The van der Waals surface area contributed by atoms with Crippen molar-refractivity contribution in [2.24, 2.45) is 0 Å². The van der Waals surface area contributed by atoms with E-state index >= 15 is 0 Å². The van der Waals surface area contributed by atoms with Crippen molar-refractivity contribution in [3.63, 3.8) is 0 Å². The topological polar surface area (TPSA) is 135 Å². The van der Waals surface area contributed by atoms with Gasteiger partial charge in [-0.2, -0.15) is 5.26 Å². The molecule has 10 nitrogen and oxygen atoms in total. The molecule has 3 heterocycles. The molecule has 12 heteroatoms. The van der Waals surface area contributed by atoms with Crippen molar-refractivity contribution in [1.82, 2.24) is 19.4 Å². The van der Waals surface area contributed by atoms with Gasteiger partial charge in [0, 0.05) is 31.5 Å². The van der Waals surface area contributed by atoms with Crippen molar-refractivity contribution in [2.75, 3.05) is 13.1 Å². The maximum atomic E-state index is 13.6. The molecule has 1 aliphatic rings. The van der Waals surface area contributed by atoms with E-state index in [-0.39, 0.29) is 20.5 Å². The normalized spacial score (nSPS) is 14.2. The van der Waals surface area contributed by atoms with Gasteiger partial charge in [0.15, 0.2) is 10.7 Å². The van der Waals surface area contributed by atoms with Gasteiger partial charge in [0.25, 0.3) is 17.2 Å². The number of nitrogens with zero attached hydrogens (tertiary/aromatic N) is 6. The molecule has 0 unspecified atom stereocenters. The van der Waals surface area contributed by atoms with Gasteiger partial charge in [0.05, 0.1) is 20.0 Å². The quantitative estimate of drug-likeness (QED) is 0.201. The number of nitriles is 1. The third-order valence-corrected chi connectivity index (χ3v) is 8.04. The van der Waals surface area contributed by atoms with E-state index in [0.29, 0.717) is 34.4 Å². The molecule has 0 saturated carbocycles. The number of nitro benzene ring substituents is 1. The van der Waals surface area contributed by atoms with Crippen LogP contribution >= 0.6 is 23.1 Å². The Kier molecular flexibility index (Phi) is 7.62. The second kappa shape index (κ2) is 11.4. The Balaban J connectivity index is 1.67. The molecule has 5 rings (SSSR count). The summed E-state index contributed by atoms with van der Waals surface area (Å²) < 4.78 is 1.81. The Morgan fingerprint density at radius 3 is 2.49 bits per heavy atom. The molecular formula is C27H20N6O4S2. The fraction of sp³-hybridized carbons (Fsp3) is 0.148. The maximum Gasteiger partial charge on any atom is 0.283 e. The predicted octanol–water partition coefficient (Wildman–Crippen LogP) is 2.87. The molecule has 0 atom stereocenters. The van der Waals surface area contributed by atoms with Crippen LogP contribution in [-0.2, 0) is 4.79 Å². The smallest absolute Gasteiger partial charge is 0.283 e. The highest BCUT2D eigenvalue weighted by Gasteiger charge is 2.24. The molecular weight excluding hydrogens is 536 g/mol. The second-order valence-electron chi connectivity index (χ2n) is 8.50. The van der Waals surface area contributed by atoms with Crippen molar-refractivity contribution >= 4 is 46.3 Å². The minimum absolute atomic E-state index is 0.108. The highest BCUT2D eigenvalue weighted by atomic mass is 32.2. The van der Waals surface area contributed by atoms with Crippen LogP contribution in [0, 0.1) is 21.4 Å². The van der Waals surface area contributed by atoms with Crippen molar-refractivity contribution in [1.29, 1.82) is 5.26 Å². The van der Waals surface area contributed by atoms with Crippen molar-refractivity contribution in [2.45, 2.75) is 22.9 Å². The van der Waals surface area contributed by atoms with E-state index in [0.717, 1.165) is 35.9 Å². The average molecular weight is 557 g/mol. The van der Waals surface area contributed by atoms with E-state index in [4.69, 9.17) is 0 Å². The molecule has 2 aromatic heterocycles. The van der Waals surface area contributed by atoms with Gasteiger partial charge in [-0.1, -0.05) is 24.3 Å². The van der Waals surface area contributed by atoms with E-state index in [1.165, 1.54) is 16.7 Å². The SMILES string of the molecule is N#C/C(C(=O)N1CCCC1)=c1\s/c(=C/c2ccc(Sc3ncccn3)c([N+](=O)[O-])c2)c(=O)n1-c1ccccc1. The summed E-state index contributed by atoms with van der Waals surface area (Å²) in [6, 6.07) is 17.1. The van der Waals surface area contributed by atoms with Gasteiger partial charge in [-0.3, -0.25) is 24.3 Å². The zero-order chi connectivity index (χ0) is 27.4. The lowest BCUT2D eigenvalue weighted by Crippen LogP contribution is -2.35. The Morgan fingerprint density at radius 1 is 1.10 bits per heavy atom. The maximum absolute atomic E-state index is 13.6. The molecule has 1 amide bonds. The van der Waals surface area contributed by atoms with E-state index in [9.17, 15) is 25.0 Å². The number of para-hydroxylation sites is 1. The molecule has 0 N–H and O–H groups in total. The molecule has 0 bridgehead atoms. The number of benzene rings is 2. The Labute approximate surface area is 230 Å². The van der Waals surface area contributed by atoms with Crippen LogP contribution in [0.3, 0.4) is 0 Å². The van der Waals surface area contributed by atoms with Gasteiger partial charge in [-0.05, 0) is 60.5 Å². The van der Waals surface area contributed by atoms with Crippen LogP contribution in [0.5, 0.6) is 0 Å². The van der Waals surface area contributed by atoms with E-state index < -0.39 is 16.4 Å². The fourth-order valence-electron chi connectivity index (χ4n) is 4.17. The number of hydrogen-bond acceptors (Lipinski definition) is 9. The summed E-state index contributed by atoms with van der Waals surface area (Å²) in [7, 11) is 0. The number of nitro groups is 1. The molecule has 194 valence electrons. The summed E-state index contributed by atoms with van der Waals surface area (Å²) >= 11 is 2.07. The molecule has 39 heavy (non-hydrogen) atoms. The number of aromatic nitrogens is 3. The van der Waals surface area contributed by atoms with Crippen LogP contribution in [0.15, 0.2) is 81.8 Å². The Morgan fingerprint density at radius 2 is 1.82 bits per heavy atom. The van der Waals surface area contributed by atoms with Gasteiger partial charge < -0.3 is 4.90 Å². The summed E-state index contributed by atoms with van der Waals surface area (Å²) in [5.41, 5.74) is 0.241. The number of carbonyl (C=O) groups excluding carboxylic acids is 1. The van der Waals surface area contributed by atoms with Crippen molar-refractivity contribution in [3.05, 3.63) is 102 Å². The number of amides is 1. The van der Waals surface area contributed by atoms with Gasteiger partial charge >= 0.3 is 0 Å². The van der Waals surface area contributed by atoms with E-state index in [1.54, 1.807) is 65.8 Å². The summed E-state index contributed by atoms with van der Waals surface area (Å²) in [5, 5.41) is 22.2. The standard InChI is InChI=1S/C27H20N6O4S2/c28-17-20(24(34)31-13-4-5-14-31)26-32(19-7-2-1-3-8-19)25(35)23(38-26)16-18-9-10-22(21(15-18)33(36)37)39-27-29-11-6-12-30-27/h1-3,6-12,15-16H,4-5,13-14H2/b23-16+,26-20+. The lowest BCUT2D eigenvalue weighted by atomic mass is 10.2. The first kappa shape index (κ1) is 26.0. The van der Waals surface area contributed by atoms with Crippen LogP contribution in [0.1, 0.15) is 18.4 Å². The highest BCUT2D eigenvalue weighted by molar-refractivity contribution is 7.99. The number of hydrogen-bond donors (Lipinski definition) is 0. The summed E-state index contributed by atoms with van der Waals surface area (Å²) in [6.07, 6.45) is 6.37.